The Balaban J connectivity index is 0.00000115. The van der Waals surface area contributed by atoms with Crippen LogP contribution in [0.4, 0.5) is 0 Å². The van der Waals surface area contributed by atoms with Crippen LogP contribution in [0.2, 0.25) is 0 Å². The minimum absolute atomic E-state index is 0.00168. The Hall–Kier alpha value is -1.87. The zero-order valence-corrected chi connectivity index (χ0v) is 22.1. The van der Waals surface area contributed by atoms with Gasteiger partial charge in [0, 0.05) is 13.2 Å². The van der Waals surface area contributed by atoms with E-state index in [1.807, 2.05) is 12.1 Å². The van der Waals surface area contributed by atoms with Crippen LogP contribution in [0.25, 0.3) is 11.1 Å². The first kappa shape index (κ1) is 28.7. The van der Waals surface area contributed by atoms with Crippen molar-refractivity contribution in [3.63, 3.8) is 0 Å². The highest BCUT2D eigenvalue weighted by Gasteiger charge is 2.51. The lowest BCUT2D eigenvalue weighted by molar-refractivity contribution is -0.162. The van der Waals surface area contributed by atoms with E-state index in [0.717, 1.165) is 61.2 Å². The number of unbranched alkanes of at least 4 members (excludes halogenated alkanes) is 1. The van der Waals surface area contributed by atoms with Gasteiger partial charge in [-0.3, -0.25) is 0 Å². The smallest absolute Gasteiger partial charge is 0.494 e. The first-order chi connectivity index (χ1) is 17.3. The van der Waals surface area contributed by atoms with Crippen LogP contribution in [0, 0.1) is 0 Å². The molecule has 7 nitrogen and oxygen atoms in total. The molecule has 1 unspecified atom stereocenters. The van der Waals surface area contributed by atoms with E-state index in [1.165, 1.54) is 6.42 Å². The summed E-state index contributed by atoms with van der Waals surface area (Å²) < 4.78 is 29.5. The van der Waals surface area contributed by atoms with Gasteiger partial charge in [0.15, 0.2) is 6.29 Å². The number of hydrogen-bond donors (Lipinski definition) is 2. The van der Waals surface area contributed by atoms with E-state index < -0.39 is 7.69 Å². The van der Waals surface area contributed by atoms with Crippen molar-refractivity contribution in [1.29, 1.82) is 0 Å². The minimum atomic E-state index is -0.750. The zero-order valence-electron chi connectivity index (χ0n) is 22.1. The minimum Gasteiger partial charge on any atom is -0.494 e. The molecule has 0 bridgehead atoms. The Morgan fingerprint density at radius 3 is 1.97 bits per heavy atom. The Kier molecular flexibility index (Phi) is 10.8. The molecule has 2 saturated heterocycles. The summed E-state index contributed by atoms with van der Waals surface area (Å²) in [5.74, 6) is 0.893. The van der Waals surface area contributed by atoms with Crippen molar-refractivity contribution in [1.82, 2.24) is 0 Å². The summed E-state index contributed by atoms with van der Waals surface area (Å²) in [4.78, 5) is 0. The molecule has 2 fully saturated rings. The van der Waals surface area contributed by atoms with Gasteiger partial charge >= 0.3 is 14.8 Å². The molecule has 0 spiro atoms. The molecule has 2 N–H and O–H groups in total. The van der Waals surface area contributed by atoms with Crippen LogP contribution in [-0.4, -0.2) is 62.2 Å². The average Bonchev–Trinajstić information content (AvgIpc) is 3.09. The van der Waals surface area contributed by atoms with Gasteiger partial charge in [0.05, 0.1) is 17.8 Å². The fourth-order valence-corrected chi connectivity index (χ4v) is 4.01. The first-order valence-corrected chi connectivity index (χ1v) is 12.9. The summed E-state index contributed by atoms with van der Waals surface area (Å²) in [6, 6.07) is 16.7. The third kappa shape index (κ3) is 8.07. The van der Waals surface area contributed by atoms with Gasteiger partial charge in [-0.05, 0) is 88.5 Å². The van der Waals surface area contributed by atoms with E-state index >= 15 is 0 Å². The molecule has 0 amide bonds. The summed E-state index contributed by atoms with van der Waals surface area (Å²) in [5.41, 5.74) is 2.69. The highest BCUT2D eigenvalue weighted by molar-refractivity contribution is 6.62. The van der Waals surface area contributed by atoms with Gasteiger partial charge in [-0.1, -0.05) is 36.4 Å². The van der Waals surface area contributed by atoms with Crippen molar-refractivity contribution in [2.24, 2.45) is 0 Å². The van der Waals surface area contributed by atoms with Crippen LogP contribution < -0.4 is 10.2 Å². The third-order valence-corrected chi connectivity index (χ3v) is 6.87. The highest BCUT2D eigenvalue weighted by atomic mass is 16.7. The second kappa shape index (κ2) is 13.6. The molecule has 9 heteroatoms. The second-order valence-corrected chi connectivity index (χ2v) is 10.1. The van der Waals surface area contributed by atoms with Crippen LogP contribution in [0.5, 0.6) is 5.75 Å². The number of rotatable bonds is 9. The number of benzene rings is 2. The predicted octanol–water partition coefficient (Wildman–Crippen LogP) is 3.59. The number of hydrogen-bond acceptors (Lipinski definition) is 7. The Labute approximate surface area is 216 Å². The monoisotopic (exact) mass is 498 g/mol. The van der Waals surface area contributed by atoms with Gasteiger partial charge in [-0.15, -0.1) is 0 Å². The molecule has 0 radical (unpaired) electrons. The maximum atomic E-state index is 7.12. The second-order valence-electron chi connectivity index (χ2n) is 10.1. The average molecular weight is 498 g/mol. The molecule has 1 atom stereocenters. The molecule has 196 valence electrons. The molecule has 2 aromatic carbocycles. The summed E-state index contributed by atoms with van der Waals surface area (Å²) in [7, 11) is -1.08. The Morgan fingerprint density at radius 1 is 0.861 bits per heavy atom. The summed E-state index contributed by atoms with van der Waals surface area (Å²) in [6.45, 7) is 10.5. The predicted molar refractivity (Wildman–Crippen MR) is 143 cm³/mol. The lowest BCUT2D eigenvalue weighted by Crippen LogP contribution is -2.41. The van der Waals surface area contributed by atoms with Crippen molar-refractivity contribution in [2.75, 3.05) is 19.8 Å². The lowest BCUT2D eigenvalue weighted by Gasteiger charge is -2.32. The molecule has 36 heavy (non-hydrogen) atoms. The van der Waals surface area contributed by atoms with E-state index in [1.54, 1.807) is 0 Å². The third-order valence-electron chi connectivity index (χ3n) is 6.87. The molecular formula is C27H40B2O7. The molecule has 0 aromatic heterocycles. The highest BCUT2D eigenvalue weighted by Crippen LogP contribution is 2.36. The van der Waals surface area contributed by atoms with E-state index in [2.05, 4.69) is 64.1 Å². The van der Waals surface area contributed by atoms with Crippen molar-refractivity contribution in [3.05, 3.63) is 48.5 Å². The largest absolute Gasteiger partial charge is 0.494 e. The Morgan fingerprint density at radius 2 is 1.42 bits per heavy atom. The normalized spacial score (nSPS) is 20.4. The van der Waals surface area contributed by atoms with E-state index in [9.17, 15) is 0 Å². The van der Waals surface area contributed by atoms with Gasteiger partial charge in [0.1, 0.15) is 5.75 Å². The molecule has 0 aliphatic carbocycles. The van der Waals surface area contributed by atoms with E-state index in [-0.39, 0.29) is 24.6 Å². The standard InChI is InChI=1S/C27H37BO5.BH3O2/c1-26(2)27(3,4)33-28(32-26)23-14-10-21(11-15-23)22-12-16-24(17-13-22)29-18-7-8-20-31-25-9-5-6-19-30-25;2-1-3/h10-17,25H,5-9,18-20H2,1-4H3;1-3H. The SMILES string of the molecule is CC1(C)OB(c2ccc(-c3ccc(OCCCCOC4CCCCO4)cc3)cc2)OC1(C)C.OBO. The summed E-state index contributed by atoms with van der Waals surface area (Å²) in [6.07, 6.45) is 5.32. The van der Waals surface area contributed by atoms with E-state index in [4.69, 9.17) is 33.6 Å². The van der Waals surface area contributed by atoms with Crippen molar-refractivity contribution < 1.29 is 33.6 Å². The van der Waals surface area contributed by atoms with Crippen LogP contribution >= 0.6 is 0 Å². The molecular weight excluding hydrogens is 458 g/mol. The van der Waals surface area contributed by atoms with Crippen LogP contribution in [0.3, 0.4) is 0 Å². The van der Waals surface area contributed by atoms with Crippen LogP contribution in [-0.2, 0) is 18.8 Å². The Bertz CT molecular complexity index is 881. The summed E-state index contributed by atoms with van der Waals surface area (Å²) >= 11 is 0. The summed E-state index contributed by atoms with van der Waals surface area (Å²) in [5, 5.41) is 14.2. The topological polar surface area (TPSA) is 86.6 Å². The molecule has 2 aromatic rings. The number of ether oxygens (including phenoxy) is 3. The van der Waals surface area contributed by atoms with Gasteiger partial charge in [0.25, 0.3) is 0 Å². The van der Waals surface area contributed by atoms with Gasteiger partial charge in [0.2, 0.25) is 0 Å². The van der Waals surface area contributed by atoms with Crippen molar-refractivity contribution >= 4 is 20.3 Å². The molecule has 0 saturated carbocycles. The quantitative estimate of drug-likeness (QED) is 0.404. The fourth-order valence-electron chi connectivity index (χ4n) is 4.01. The van der Waals surface area contributed by atoms with Gasteiger partial charge in [-0.25, -0.2) is 0 Å². The molecule has 2 heterocycles. The van der Waals surface area contributed by atoms with Crippen LogP contribution in [0.15, 0.2) is 48.5 Å². The van der Waals surface area contributed by atoms with Crippen molar-refractivity contribution in [2.45, 2.75) is 77.3 Å². The van der Waals surface area contributed by atoms with Gasteiger partial charge in [-0.2, -0.15) is 0 Å². The molecule has 2 aliphatic heterocycles. The first-order valence-electron chi connectivity index (χ1n) is 12.9. The lowest BCUT2D eigenvalue weighted by atomic mass is 9.78. The maximum Gasteiger partial charge on any atom is 0.494 e. The maximum absolute atomic E-state index is 7.12. The van der Waals surface area contributed by atoms with Crippen molar-refractivity contribution in [3.8, 4) is 16.9 Å². The molecule has 4 rings (SSSR count). The molecule has 2 aliphatic rings. The van der Waals surface area contributed by atoms with E-state index in [0.29, 0.717) is 6.61 Å². The van der Waals surface area contributed by atoms with Gasteiger partial charge < -0.3 is 33.6 Å². The fraction of sp³-hybridized carbons (Fsp3) is 0.556. The zero-order chi connectivity index (χ0) is 26.0. The van der Waals surface area contributed by atoms with Crippen LogP contribution in [0.1, 0.15) is 59.8 Å².